The molecule has 1 saturated heterocycles. The van der Waals surface area contributed by atoms with Crippen molar-refractivity contribution in [1.29, 1.82) is 0 Å². The molecule has 4 heteroatoms. The Labute approximate surface area is 122 Å². The number of aromatic nitrogens is 2. The van der Waals surface area contributed by atoms with E-state index in [0.29, 0.717) is 11.6 Å². The SMILES string of the molecule is CC1CCNC(C)(C2CC2)CN1CCCn1ccnc1. The molecule has 2 heterocycles. The van der Waals surface area contributed by atoms with Gasteiger partial charge < -0.3 is 9.88 Å². The molecule has 1 aromatic rings. The molecular weight excluding hydrogens is 248 g/mol. The minimum Gasteiger partial charge on any atom is -0.337 e. The molecule has 3 rings (SSSR count). The number of rotatable bonds is 5. The van der Waals surface area contributed by atoms with Crippen molar-refractivity contribution in [3.63, 3.8) is 0 Å². The van der Waals surface area contributed by atoms with Gasteiger partial charge in [0.2, 0.25) is 0 Å². The van der Waals surface area contributed by atoms with Gasteiger partial charge >= 0.3 is 0 Å². The molecule has 0 amide bonds. The first kappa shape index (κ1) is 14.1. The van der Waals surface area contributed by atoms with E-state index in [1.807, 2.05) is 12.5 Å². The second-order valence-electron chi connectivity index (χ2n) is 6.88. The smallest absolute Gasteiger partial charge is 0.0945 e. The zero-order valence-corrected chi connectivity index (χ0v) is 12.9. The minimum absolute atomic E-state index is 0.347. The highest BCUT2D eigenvalue weighted by Gasteiger charge is 2.43. The molecule has 1 aliphatic carbocycles. The van der Waals surface area contributed by atoms with Crippen LogP contribution >= 0.6 is 0 Å². The van der Waals surface area contributed by atoms with E-state index in [9.17, 15) is 0 Å². The zero-order valence-electron chi connectivity index (χ0n) is 12.9. The van der Waals surface area contributed by atoms with Gasteiger partial charge in [-0.3, -0.25) is 4.90 Å². The van der Waals surface area contributed by atoms with Crippen LogP contribution in [0.1, 0.15) is 39.5 Å². The first-order valence-corrected chi connectivity index (χ1v) is 8.12. The largest absolute Gasteiger partial charge is 0.337 e. The molecular formula is C16H28N4. The molecule has 20 heavy (non-hydrogen) atoms. The Balaban J connectivity index is 1.54. The van der Waals surface area contributed by atoms with Gasteiger partial charge in [-0.25, -0.2) is 4.98 Å². The number of imidazole rings is 1. The Bertz CT molecular complexity index is 412. The second kappa shape index (κ2) is 5.86. The van der Waals surface area contributed by atoms with Crippen molar-refractivity contribution >= 4 is 0 Å². The number of hydrogen-bond acceptors (Lipinski definition) is 3. The molecule has 2 atom stereocenters. The summed E-state index contributed by atoms with van der Waals surface area (Å²) in [5.41, 5.74) is 0.347. The Hall–Kier alpha value is -0.870. The van der Waals surface area contributed by atoms with Crippen LogP contribution < -0.4 is 5.32 Å². The van der Waals surface area contributed by atoms with E-state index in [0.717, 1.165) is 12.5 Å². The van der Waals surface area contributed by atoms with E-state index < -0.39 is 0 Å². The van der Waals surface area contributed by atoms with Crippen molar-refractivity contribution in [3.05, 3.63) is 18.7 Å². The van der Waals surface area contributed by atoms with Gasteiger partial charge in [0.05, 0.1) is 6.33 Å². The van der Waals surface area contributed by atoms with E-state index in [-0.39, 0.29) is 0 Å². The molecule has 4 nitrogen and oxygen atoms in total. The Morgan fingerprint density at radius 1 is 1.30 bits per heavy atom. The summed E-state index contributed by atoms with van der Waals surface area (Å²) >= 11 is 0. The van der Waals surface area contributed by atoms with Crippen LogP contribution in [0.25, 0.3) is 0 Å². The van der Waals surface area contributed by atoms with Crippen LogP contribution in [0, 0.1) is 5.92 Å². The van der Waals surface area contributed by atoms with E-state index in [2.05, 4.69) is 39.8 Å². The van der Waals surface area contributed by atoms with Gasteiger partial charge in [-0.05, 0) is 52.0 Å². The molecule has 2 unspecified atom stereocenters. The van der Waals surface area contributed by atoms with Gasteiger partial charge in [-0.1, -0.05) is 0 Å². The van der Waals surface area contributed by atoms with Crippen molar-refractivity contribution in [2.75, 3.05) is 19.6 Å². The first-order chi connectivity index (χ1) is 9.67. The molecule has 2 aliphatic rings. The molecule has 1 N–H and O–H groups in total. The molecule has 2 fully saturated rings. The maximum absolute atomic E-state index is 4.11. The van der Waals surface area contributed by atoms with Crippen LogP contribution in [0.3, 0.4) is 0 Å². The fourth-order valence-electron chi connectivity index (χ4n) is 3.55. The van der Waals surface area contributed by atoms with Crippen molar-refractivity contribution in [1.82, 2.24) is 19.8 Å². The van der Waals surface area contributed by atoms with Crippen molar-refractivity contribution in [2.45, 2.75) is 57.7 Å². The van der Waals surface area contributed by atoms with Gasteiger partial charge in [0.15, 0.2) is 0 Å². The van der Waals surface area contributed by atoms with Crippen LogP contribution in [0.2, 0.25) is 0 Å². The van der Waals surface area contributed by atoms with E-state index in [4.69, 9.17) is 0 Å². The summed E-state index contributed by atoms with van der Waals surface area (Å²) in [5, 5.41) is 3.83. The Kier molecular flexibility index (Phi) is 4.13. The monoisotopic (exact) mass is 276 g/mol. The molecule has 1 aliphatic heterocycles. The molecule has 0 aromatic carbocycles. The van der Waals surface area contributed by atoms with Gasteiger partial charge in [-0.2, -0.15) is 0 Å². The summed E-state index contributed by atoms with van der Waals surface area (Å²) in [4.78, 5) is 6.82. The number of aryl methyl sites for hydroxylation is 1. The lowest BCUT2D eigenvalue weighted by atomic mass is 9.95. The standard InChI is InChI=1S/C16H28N4/c1-14-6-7-18-16(2,15-4-5-15)12-20(14)10-3-9-19-11-8-17-13-19/h8,11,13-15,18H,3-7,9-10,12H2,1-2H3. The van der Waals surface area contributed by atoms with Crippen LogP contribution in [0.5, 0.6) is 0 Å². The number of nitrogens with zero attached hydrogens (tertiary/aromatic N) is 3. The highest BCUT2D eigenvalue weighted by Crippen LogP contribution is 2.41. The second-order valence-corrected chi connectivity index (χ2v) is 6.88. The fourth-order valence-corrected chi connectivity index (χ4v) is 3.55. The summed E-state index contributed by atoms with van der Waals surface area (Å²) in [5.74, 6) is 0.906. The summed E-state index contributed by atoms with van der Waals surface area (Å²) in [6.45, 7) is 9.48. The van der Waals surface area contributed by atoms with Gasteiger partial charge in [0, 0.05) is 43.6 Å². The van der Waals surface area contributed by atoms with Crippen molar-refractivity contribution < 1.29 is 0 Å². The Morgan fingerprint density at radius 2 is 2.15 bits per heavy atom. The fraction of sp³-hybridized carbons (Fsp3) is 0.812. The lowest BCUT2D eigenvalue weighted by Gasteiger charge is -2.36. The maximum Gasteiger partial charge on any atom is 0.0945 e. The summed E-state index contributed by atoms with van der Waals surface area (Å²) in [6.07, 6.45) is 11.2. The van der Waals surface area contributed by atoms with Crippen LogP contribution in [-0.4, -0.2) is 45.7 Å². The normalized spacial score (nSPS) is 32.2. The molecule has 112 valence electrons. The molecule has 0 radical (unpaired) electrons. The van der Waals surface area contributed by atoms with Crippen molar-refractivity contribution in [3.8, 4) is 0 Å². The lowest BCUT2D eigenvalue weighted by Crippen LogP contribution is -2.51. The lowest BCUT2D eigenvalue weighted by molar-refractivity contribution is 0.158. The van der Waals surface area contributed by atoms with E-state index in [1.165, 1.54) is 45.3 Å². The van der Waals surface area contributed by atoms with Crippen LogP contribution in [0.4, 0.5) is 0 Å². The van der Waals surface area contributed by atoms with Crippen molar-refractivity contribution in [2.24, 2.45) is 5.92 Å². The predicted molar refractivity (Wildman–Crippen MR) is 81.6 cm³/mol. The first-order valence-electron chi connectivity index (χ1n) is 8.12. The zero-order chi connectivity index (χ0) is 14.0. The molecule has 1 aromatic heterocycles. The Morgan fingerprint density at radius 3 is 2.85 bits per heavy atom. The van der Waals surface area contributed by atoms with Gasteiger partial charge in [0.25, 0.3) is 0 Å². The maximum atomic E-state index is 4.11. The van der Waals surface area contributed by atoms with E-state index in [1.54, 1.807) is 0 Å². The van der Waals surface area contributed by atoms with E-state index >= 15 is 0 Å². The van der Waals surface area contributed by atoms with Crippen LogP contribution in [0.15, 0.2) is 18.7 Å². The summed E-state index contributed by atoms with van der Waals surface area (Å²) in [7, 11) is 0. The average Bonchev–Trinajstić information content (AvgIpc) is 3.18. The third-order valence-electron chi connectivity index (χ3n) is 5.15. The number of hydrogen-bond donors (Lipinski definition) is 1. The third kappa shape index (κ3) is 3.23. The molecule has 0 bridgehead atoms. The number of nitrogens with one attached hydrogen (secondary N) is 1. The quantitative estimate of drug-likeness (QED) is 0.894. The third-order valence-corrected chi connectivity index (χ3v) is 5.15. The molecule has 0 spiro atoms. The predicted octanol–water partition coefficient (Wildman–Crippen LogP) is 2.13. The van der Waals surface area contributed by atoms with Crippen LogP contribution in [-0.2, 0) is 6.54 Å². The minimum atomic E-state index is 0.347. The topological polar surface area (TPSA) is 33.1 Å². The van der Waals surface area contributed by atoms with Gasteiger partial charge in [-0.15, -0.1) is 0 Å². The highest BCUT2D eigenvalue weighted by molar-refractivity contribution is 5.01. The highest BCUT2D eigenvalue weighted by atomic mass is 15.2. The average molecular weight is 276 g/mol. The molecule has 1 saturated carbocycles. The van der Waals surface area contributed by atoms with Gasteiger partial charge in [0.1, 0.15) is 0 Å². The summed E-state index contributed by atoms with van der Waals surface area (Å²) in [6, 6.07) is 0.700. The summed E-state index contributed by atoms with van der Waals surface area (Å²) < 4.78 is 2.18.